The lowest BCUT2D eigenvalue weighted by Gasteiger charge is -2.13. The Bertz CT molecular complexity index is 2990. The van der Waals surface area contributed by atoms with Gasteiger partial charge in [-0.15, -0.1) is 11.3 Å². The summed E-state index contributed by atoms with van der Waals surface area (Å²) in [5.74, 6) is 0.712. The van der Waals surface area contributed by atoms with Crippen molar-refractivity contribution in [1.29, 1.82) is 0 Å². The summed E-state index contributed by atoms with van der Waals surface area (Å²) in [6.07, 6.45) is 0. The molecule has 11 aromatic rings. The van der Waals surface area contributed by atoms with Gasteiger partial charge in [-0.05, 0) is 70.4 Å². The third-order valence-electron chi connectivity index (χ3n) is 10.1. The summed E-state index contributed by atoms with van der Waals surface area (Å²) in [5, 5.41) is 8.89. The molecule has 8 aromatic carbocycles. The molecule has 0 unspecified atom stereocenters. The van der Waals surface area contributed by atoms with Crippen LogP contribution in [0.3, 0.4) is 0 Å². The highest BCUT2D eigenvalue weighted by Gasteiger charge is 2.21. The van der Waals surface area contributed by atoms with Crippen LogP contribution in [0.5, 0.6) is 0 Å². The zero-order valence-electron chi connectivity index (χ0n) is 26.8. The number of nitrogens with zero attached hydrogens (tertiary/aromatic N) is 3. The van der Waals surface area contributed by atoms with Gasteiger partial charge < -0.3 is 4.57 Å². The Morgan fingerprint density at radius 1 is 0.420 bits per heavy atom. The van der Waals surface area contributed by atoms with Crippen LogP contribution >= 0.6 is 11.3 Å². The van der Waals surface area contributed by atoms with Crippen molar-refractivity contribution in [3.8, 4) is 39.5 Å². The van der Waals surface area contributed by atoms with Crippen molar-refractivity contribution in [2.45, 2.75) is 0 Å². The van der Waals surface area contributed by atoms with Gasteiger partial charge in [0.15, 0.2) is 5.82 Å². The summed E-state index contributed by atoms with van der Waals surface area (Å²) >= 11 is 1.89. The monoisotopic (exact) mass is 653 g/mol. The zero-order valence-corrected chi connectivity index (χ0v) is 27.7. The number of para-hydroxylation sites is 1. The van der Waals surface area contributed by atoms with E-state index in [0.717, 1.165) is 33.4 Å². The number of hydrogen-bond acceptors (Lipinski definition) is 3. The summed E-state index contributed by atoms with van der Waals surface area (Å²) in [7, 11) is 0. The Morgan fingerprint density at radius 3 is 1.80 bits per heavy atom. The highest BCUT2D eigenvalue weighted by Crippen LogP contribution is 2.46. The van der Waals surface area contributed by atoms with E-state index < -0.39 is 0 Å². The molecule has 0 fully saturated rings. The van der Waals surface area contributed by atoms with E-state index in [1.54, 1.807) is 0 Å². The van der Waals surface area contributed by atoms with E-state index in [4.69, 9.17) is 9.97 Å². The molecule has 0 amide bonds. The standard InChI is InChI=1S/C46H27N3S/c1-2-10-28(11-3-1)31-14-6-15-32(26-31)45-35-18-4-5-19-36(35)47-46(48-45)33-16-7-17-34(27-33)49-37-24-22-29-12-8-20-39-41(29)43(37)44-38(49)25-23-30-13-9-21-40(50-39)42(30)44/h1-27H. The molecule has 4 heteroatoms. The normalized spacial score (nSPS) is 12.0. The molecular weight excluding hydrogens is 627 g/mol. The fourth-order valence-corrected chi connectivity index (χ4v) is 9.11. The first-order chi connectivity index (χ1) is 24.8. The van der Waals surface area contributed by atoms with Gasteiger partial charge in [-0.2, -0.15) is 0 Å². The molecule has 0 atom stereocenters. The van der Waals surface area contributed by atoms with Gasteiger partial charge in [-0.3, -0.25) is 0 Å². The third kappa shape index (κ3) is 4.03. The Labute approximate surface area is 291 Å². The zero-order chi connectivity index (χ0) is 32.8. The summed E-state index contributed by atoms with van der Waals surface area (Å²) in [6.45, 7) is 0. The van der Waals surface area contributed by atoms with Crippen molar-refractivity contribution in [1.82, 2.24) is 14.5 Å². The van der Waals surface area contributed by atoms with Crippen molar-refractivity contribution in [3.05, 3.63) is 164 Å². The molecule has 0 N–H and O–H groups in total. The van der Waals surface area contributed by atoms with Gasteiger partial charge >= 0.3 is 0 Å². The van der Waals surface area contributed by atoms with Crippen LogP contribution in [0.25, 0.3) is 103 Å². The fraction of sp³-hybridized carbons (Fsp3) is 0. The SMILES string of the molecule is c1ccc(-c2cccc(-c3nc(-c4cccc(-n5c6ccc7cccc8sc9cccc%10ccc5c(c%109)c6c78)c4)nc4ccccc34)c2)cc1. The highest BCUT2D eigenvalue weighted by molar-refractivity contribution is 7.24. The van der Waals surface area contributed by atoms with Crippen molar-refractivity contribution in [3.63, 3.8) is 0 Å². The molecule has 0 radical (unpaired) electrons. The topological polar surface area (TPSA) is 30.7 Å². The van der Waals surface area contributed by atoms with Gasteiger partial charge in [0.2, 0.25) is 0 Å². The Hall–Kier alpha value is -6.36. The number of fused-ring (bicyclic) bond motifs is 1. The minimum Gasteiger partial charge on any atom is -0.309 e. The Kier molecular flexibility index (Phi) is 5.83. The maximum atomic E-state index is 5.30. The van der Waals surface area contributed by atoms with Crippen molar-refractivity contribution in [2.24, 2.45) is 0 Å². The van der Waals surface area contributed by atoms with Crippen LogP contribution in [0.4, 0.5) is 0 Å². The van der Waals surface area contributed by atoms with Crippen molar-refractivity contribution in [2.75, 3.05) is 0 Å². The maximum Gasteiger partial charge on any atom is 0.160 e. The second kappa shape index (κ2) is 10.6. The van der Waals surface area contributed by atoms with Gasteiger partial charge in [-0.1, -0.05) is 115 Å². The van der Waals surface area contributed by atoms with Crippen LogP contribution in [0.15, 0.2) is 164 Å². The molecule has 232 valence electrons. The molecule has 3 nitrogen and oxygen atoms in total. The molecular formula is C46H27N3S. The van der Waals surface area contributed by atoms with Crippen LogP contribution in [-0.2, 0) is 0 Å². The Morgan fingerprint density at radius 2 is 1.04 bits per heavy atom. The second-order valence-electron chi connectivity index (χ2n) is 13.0. The Balaban J connectivity index is 1.15. The molecule has 3 aromatic heterocycles. The molecule has 0 aliphatic heterocycles. The molecule has 0 spiro atoms. The van der Waals surface area contributed by atoms with Gasteiger partial charge in [-0.25, -0.2) is 9.97 Å². The summed E-state index contributed by atoms with van der Waals surface area (Å²) < 4.78 is 5.04. The quantitative estimate of drug-likeness (QED) is 0.189. The van der Waals surface area contributed by atoms with Crippen LogP contribution in [0.1, 0.15) is 0 Å². The lowest BCUT2D eigenvalue weighted by Crippen LogP contribution is -1.98. The third-order valence-corrected chi connectivity index (χ3v) is 11.3. The maximum absolute atomic E-state index is 5.30. The molecule has 11 rings (SSSR count). The second-order valence-corrected chi connectivity index (χ2v) is 14.1. The highest BCUT2D eigenvalue weighted by atomic mass is 32.1. The fourth-order valence-electron chi connectivity index (χ4n) is 7.93. The van der Waals surface area contributed by atoms with E-state index in [2.05, 4.69) is 168 Å². The first-order valence-corrected chi connectivity index (χ1v) is 17.7. The molecule has 50 heavy (non-hydrogen) atoms. The van der Waals surface area contributed by atoms with Crippen LogP contribution in [0.2, 0.25) is 0 Å². The van der Waals surface area contributed by atoms with E-state index in [0.29, 0.717) is 5.82 Å². The average Bonchev–Trinajstić information content (AvgIpc) is 3.44. The van der Waals surface area contributed by atoms with Crippen molar-refractivity contribution >= 4 is 75.0 Å². The molecule has 0 saturated carbocycles. The first kappa shape index (κ1) is 27.6. The van der Waals surface area contributed by atoms with E-state index in [9.17, 15) is 0 Å². The van der Waals surface area contributed by atoms with Crippen molar-refractivity contribution < 1.29 is 0 Å². The number of aromatic nitrogens is 3. The lowest BCUT2D eigenvalue weighted by atomic mass is 9.99. The summed E-state index contributed by atoms with van der Waals surface area (Å²) in [6, 6.07) is 58.8. The summed E-state index contributed by atoms with van der Waals surface area (Å²) in [4.78, 5) is 10.4. The van der Waals surface area contributed by atoms with E-state index in [-0.39, 0.29) is 0 Å². The van der Waals surface area contributed by atoms with Gasteiger partial charge in [0.25, 0.3) is 0 Å². The molecule has 0 saturated heterocycles. The van der Waals surface area contributed by atoms with Gasteiger partial charge in [0.1, 0.15) is 0 Å². The predicted molar refractivity (Wildman–Crippen MR) is 212 cm³/mol. The first-order valence-electron chi connectivity index (χ1n) is 16.9. The average molecular weight is 654 g/mol. The molecule has 0 aliphatic rings. The number of hydrogen-bond donors (Lipinski definition) is 0. The van der Waals surface area contributed by atoms with E-state index in [1.165, 1.54) is 63.9 Å². The molecule has 0 bridgehead atoms. The number of benzene rings is 8. The van der Waals surface area contributed by atoms with E-state index >= 15 is 0 Å². The van der Waals surface area contributed by atoms with Gasteiger partial charge in [0, 0.05) is 53.1 Å². The molecule has 0 aliphatic carbocycles. The van der Waals surface area contributed by atoms with Crippen LogP contribution < -0.4 is 0 Å². The van der Waals surface area contributed by atoms with Crippen LogP contribution in [-0.4, -0.2) is 14.5 Å². The van der Waals surface area contributed by atoms with E-state index in [1.807, 2.05) is 11.3 Å². The lowest BCUT2D eigenvalue weighted by molar-refractivity contribution is 1.17. The smallest absolute Gasteiger partial charge is 0.160 e. The predicted octanol–water partition coefficient (Wildman–Crippen LogP) is 12.7. The summed E-state index contributed by atoms with van der Waals surface area (Å²) in [5.41, 5.74) is 9.77. The van der Waals surface area contributed by atoms with Gasteiger partial charge in [0.05, 0.1) is 22.2 Å². The minimum atomic E-state index is 0.712. The van der Waals surface area contributed by atoms with Crippen LogP contribution in [0, 0.1) is 0 Å². The minimum absolute atomic E-state index is 0.712. The number of rotatable bonds is 4. The molecule has 3 heterocycles. The largest absolute Gasteiger partial charge is 0.309 e.